The number of aromatic nitrogens is 2. The molecule has 3 N–H and O–H groups in total. The van der Waals surface area contributed by atoms with E-state index in [4.69, 9.17) is 0 Å². The number of hydrogen-bond acceptors (Lipinski definition) is 6. The minimum atomic E-state index is -3.77. The predicted molar refractivity (Wildman–Crippen MR) is 131 cm³/mol. The van der Waals surface area contributed by atoms with E-state index < -0.39 is 10.0 Å². The van der Waals surface area contributed by atoms with E-state index in [1.807, 2.05) is 38.3 Å². The maximum absolute atomic E-state index is 12.8. The van der Waals surface area contributed by atoms with E-state index in [-0.39, 0.29) is 29.2 Å². The lowest BCUT2D eigenvalue weighted by Gasteiger charge is -2.13. The van der Waals surface area contributed by atoms with Crippen molar-refractivity contribution in [1.29, 1.82) is 0 Å². The van der Waals surface area contributed by atoms with Crippen LogP contribution in [0.15, 0.2) is 57.3 Å². The van der Waals surface area contributed by atoms with Crippen LogP contribution in [0.4, 0.5) is 11.4 Å². The Bertz CT molecular complexity index is 1310. The van der Waals surface area contributed by atoms with Crippen LogP contribution in [0.3, 0.4) is 0 Å². The highest BCUT2D eigenvalue weighted by molar-refractivity contribution is 7.98. The van der Waals surface area contributed by atoms with Crippen LogP contribution in [0.25, 0.3) is 0 Å². The zero-order valence-corrected chi connectivity index (χ0v) is 20.5. The highest BCUT2D eigenvalue weighted by Gasteiger charge is 2.17. The van der Waals surface area contributed by atoms with Gasteiger partial charge >= 0.3 is 0 Å². The van der Waals surface area contributed by atoms with Gasteiger partial charge in [0.05, 0.1) is 10.6 Å². The number of thioether (sulfide) groups is 1. The second-order valence-corrected chi connectivity index (χ2v) is 10.1. The Labute approximate surface area is 197 Å². The van der Waals surface area contributed by atoms with E-state index in [0.29, 0.717) is 27.8 Å². The molecular formula is C23H26N4O4S2. The van der Waals surface area contributed by atoms with Gasteiger partial charge in [-0.1, -0.05) is 30.0 Å². The van der Waals surface area contributed by atoms with Crippen molar-refractivity contribution < 1.29 is 13.2 Å². The first kappa shape index (κ1) is 24.5. The van der Waals surface area contributed by atoms with Gasteiger partial charge in [-0.3, -0.25) is 14.3 Å². The molecule has 10 heteroatoms. The van der Waals surface area contributed by atoms with Gasteiger partial charge in [-0.25, -0.2) is 13.4 Å². The topological polar surface area (TPSA) is 121 Å². The first-order valence-corrected chi connectivity index (χ1v) is 12.9. The largest absolute Gasteiger partial charge is 0.326 e. The molecular weight excluding hydrogens is 460 g/mol. The second-order valence-electron chi connectivity index (χ2n) is 7.58. The molecule has 0 atom stereocenters. The number of benzene rings is 2. The van der Waals surface area contributed by atoms with Crippen molar-refractivity contribution >= 4 is 39.1 Å². The molecule has 0 saturated carbocycles. The molecule has 3 rings (SSSR count). The fourth-order valence-corrected chi connectivity index (χ4v) is 4.95. The number of para-hydroxylation sites is 1. The third-order valence-electron chi connectivity index (χ3n) is 5.16. The Kier molecular flexibility index (Phi) is 7.60. The number of carbonyl (C=O) groups is 1. The first-order valence-electron chi connectivity index (χ1n) is 10.2. The molecule has 0 radical (unpaired) electrons. The minimum Gasteiger partial charge on any atom is -0.326 e. The van der Waals surface area contributed by atoms with E-state index in [1.165, 1.54) is 36.0 Å². The van der Waals surface area contributed by atoms with Crippen LogP contribution < -0.4 is 15.6 Å². The van der Waals surface area contributed by atoms with Crippen LogP contribution in [-0.4, -0.2) is 30.5 Å². The summed E-state index contributed by atoms with van der Waals surface area (Å²) < 4.78 is 28.2. The number of aromatic amines is 1. The number of aryl methyl sites for hydroxylation is 3. The zero-order chi connectivity index (χ0) is 24.2. The Balaban J connectivity index is 1.65. The maximum Gasteiger partial charge on any atom is 0.261 e. The lowest BCUT2D eigenvalue weighted by molar-refractivity contribution is -0.116. The highest BCUT2D eigenvalue weighted by Crippen LogP contribution is 2.24. The van der Waals surface area contributed by atoms with E-state index in [1.54, 1.807) is 6.92 Å². The third kappa shape index (κ3) is 6.02. The van der Waals surface area contributed by atoms with Gasteiger partial charge in [0, 0.05) is 23.4 Å². The summed E-state index contributed by atoms with van der Waals surface area (Å²) in [6.45, 7) is 5.42. The van der Waals surface area contributed by atoms with E-state index >= 15 is 0 Å². The molecule has 8 nitrogen and oxygen atoms in total. The van der Waals surface area contributed by atoms with Crippen molar-refractivity contribution in [2.24, 2.45) is 0 Å². The van der Waals surface area contributed by atoms with Crippen LogP contribution in [0.5, 0.6) is 0 Å². The fraction of sp³-hybridized carbons (Fsp3) is 0.261. The first-order chi connectivity index (χ1) is 15.6. The van der Waals surface area contributed by atoms with Crippen molar-refractivity contribution in [3.8, 4) is 0 Å². The van der Waals surface area contributed by atoms with Crippen molar-refractivity contribution in [2.75, 3.05) is 16.3 Å². The molecule has 0 saturated heterocycles. The highest BCUT2D eigenvalue weighted by atomic mass is 32.2. The van der Waals surface area contributed by atoms with Gasteiger partial charge in [-0.2, -0.15) is 0 Å². The summed E-state index contributed by atoms with van der Waals surface area (Å²) in [6.07, 6.45) is 2.17. The number of rotatable bonds is 8. The third-order valence-corrected chi connectivity index (χ3v) is 7.11. The fourth-order valence-electron chi connectivity index (χ4n) is 3.32. The Hall–Kier alpha value is -3.11. The average molecular weight is 487 g/mol. The average Bonchev–Trinajstić information content (AvgIpc) is 2.76. The van der Waals surface area contributed by atoms with Crippen LogP contribution in [0.2, 0.25) is 0 Å². The smallest absolute Gasteiger partial charge is 0.261 e. The molecule has 0 aliphatic rings. The zero-order valence-electron chi connectivity index (χ0n) is 18.9. The molecule has 1 heterocycles. The molecule has 33 heavy (non-hydrogen) atoms. The Morgan fingerprint density at radius 2 is 1.70 bits per heavy atom. The van der Waals surface area contributed by atoms with Gasteiger partial charge in [0.25, 0.3) is 15.6 Å². The summed E-state index contributed by atoms with van der Waals surface area (Å²) in [5.41, 5.74) is 3.51. The standard InChI is InChI=1S/C23H26N4O4S2/c1-14-6-5-7-15(2)21(14)27-33(30,31)18-10-8-17(9-11-18)25-20(28)13-12-19-16(3)24-23(32-4)26-22(19)29/h5-11,27H,12-13H2,1-4H3,(H,25,28)(H,24,26,29). The summed E-state index contributed by atoms with van der Waals surface area (Å²) >= 11 is 1.34. The molecule has 2 aromatic carbocycles. The predicted octanol–water partition coefficient (Wildman–Crippen LogP) is 3.79. The molecule has 174 valence electrons. The lowest BCUT2D eigenvalue weighted by Crippen LogP contribution is -2.20. The van der Waals surface area contributed by atoms with Crippen LogP contribution in [-0.2, 0) is 21.2 Å². The summed E-state index contributed by atoms with van der Waals surface area (Å²) in [6, 6.07) is 11.5. The van der Waals surface area contributed by atoms with Gasteiger partial charge in [0.15, 0.2) is 5.16 Å². The SMILES string of the molecule is CSc1nc(C)c(CCC(=O)Nc2ccc(S(=O)(=O)Nc3c(C)cccc3C)cc2)c(=O)[nH]1. The summed E-state index contributed by atoms with van der Waals surface area (Å²) in [7, 11) is -3.77. The molecule has 3 aromatic rings. The van der Waals surface area contributed by atoms with E-state index in [9.17, 15) is 18.0 Å². The molecule has 0 bridgehead atoms. The number of sulfonamides is 1. The molecule has 1 aromatic heterocycles. The van der Waals surface area contributed by atoms with Crippen LogP contribution >= 0.6 is 11.8 Å². The van der Waals surface area contributed by atoms with Gasteiger partial charge in [-0.15, -0.1) is 0 Å². The molecule has 0 aliphatic carbocycles. The van der Waals surface area contributed by atoms with Gasteiger partial charge in [-0.05, 0) is 68.8 Å². The van der Waals surface area contributed by atoms with Gasteiger partial charge in [0.1, 0.15) is 0 Å². The van der Waals surface area contributed by atoms with Crippen LogP contribution in [0.1, 0.15) is 28.8 Å². The van der Waals surface area contributed by atoms with Crippen molar-refractivity contribution in [2.45, 2.75) is 43.7 Å². The van der Waals surface area contributed by atoms with Crippen molar-refractivity contribution in [3.05, 3.63) is 75.2 Å². The summed E-state index contributed by atoms with van der Waals surface area (Å²) in [4.78, 5) is 31.6. The molecule has 0 aliphatic heterocycles. The summed E-state index contributed by atoms with van der Waals surface area (Å²) in [5, 5.41) is 3.26. The Morgan fingerprint density at radius 1 is 1.06 bits per heavy atom. The van der Waals surface area contributed by atoms with Crippen molar-refractivity contribution in [1.82, 2.24) is 9.97 Å². The maximum atomic E-state index is 12.8. The Morgan fingerprint density at radius 3 is 2.27 bits per heavy atom. The van der Waals surface area contributed by atoms with Gasteiger partial charge in [0.2, 0.25) is 5.91 Å². The number of anilines is 2. The summed E-state index contributed by atoms with van der Waals surface area (Å²) in [5.74, 6) is -0.285. The minimum absolute atomic E-state index is 0.0882. The molecule has 0 fully saturated rings. The van der Waals surface area contributed by atoms with E-state index in [2.05, 4.69) is 20.0 Å². The molecule has 0 unspecified atom stereocenters. The second kappa shape index (κ2) is 10.2. The monoisotopic (exact) mass is 486 g/mol. The quantitative estimate of drug-likeness (QED) is 0.329. The number of amides is 1. The van der Waals surface area contributed by atoms with E-state index in [0.717, 1.165) is 11.1 Å². The normalized spacial score (nSPS) is 11.3. The number of hydrogen-bond donors (Lipinski definition) is 3. The van der Waals surface area contributed by atoms with Crippen molar-refractivity contribution in [3.63, 3.8) is 0 Å². The number of nitrogens with zero attached hydrogens (tertiary/aromatic N) is 1. The number of nitrogens with one attached hydrogen (secondary N) is 3. The number of carbonyl (C=O) groups excluding carboxylic acids is 1. The molecule has 1 amide bonds. The lowest BCUT2D eigenvalue weighted by atomic mass is 10.1. The number of H-pyrrole nitrogens is 1. The van der Waals surface area contributed by atoms with Gasteiger partial charge < -0.3 is 10.3 Å². The molecule has 0 spiro atoms. The van der Waals surface area contributed by atoms with Crippen LogP contribution in [0, 0.1) is 20.8 Å².